The van der Waals surface area contributed by atoms with Crippen LogP contribution in [0.1, 0.15) is 35.5 Å². The summed E-state index contributed by atoms with van der Waals surface area (Å²) in [5.41, 5.74) is 4.61. The number of methoxy groups -OCH3 is 1. The maximum Gasteiger partial charge on any atom is 0.246 e. The summed E-state index contributed by atoms with van der Waals surface area (Å²) < 4.78 is 6.92. The van der Waals surface area contributed by atoms with Gasteiger partial charge in [0.2, 0.25) is 5.91 Å². The van der Waals surface area contributed by atoms with E-state index in [1.54, 1.807) is 11.8 Å². The fraction of sp³-hybridized carbons (Fsp3) is 0.318. The first-order chi connectivity index (χ1) is 14.0. The van der Waals surface area contributed by atoms with Crippen molar-refractivity contribution >= 4 is 17.7 Å². The van der Waals surface area contributed by atoms with Crippen LogP contribution >= 0.6 is 11.8 Å². The van der Waals surface area contributed by atoms with Crippen LogP contribution in [0.3, 0.4) is 0 Å². The van der Waals surface area contributed by atoms with E-state index in [9.17, 15) is 4.79 Å². The normalized spacial score (nSPS) is 12.0. The molecule has 0 aliphatic heterocycles. The molecule has 3 rings (SSSR count). The van der Waals surface area contributed by atoms with Crippen molar-refractivity contribution in [3.8, 4) is 5.69 Å². The van der Waals surface area contributed by atoms with E-state index in [1.165, 1.54) is 23.8 Å². The third kappa shape index (κ3) is 5.46. The Hall–Kier alpha value is -2.64. The van der Waals surface area contributed by atoms with Gasteiger partial charge in [-0.1, -0.05) is 59.3 Å². The Balaban J connectivity index is 1.90. The van der Waals surface area contributed by atoms with E-state index >= 15 is 0 Å². The molecular weight excluding hydrogens is 384 g/mol. The summed E-state index contributed by atoms with van der Waals surface area (Å²) in [5.74, 6) is 1.29. The fourth-order valence-electron chi connectivity index (χ4n) is 3.02. The van der Waals surface area contributed by atoms with Crippen LogP contribution in [0.4, 0.5) is 0 Å². The SMILES string of the molecule is COCC(=O)NC(C)c1nnc(SCc2cccc(C)c2)n1-c1ccc(C)cc1. The van der Waals surface area contributed by atoms with E-state index in [4.69, 9.17) is 4.74 Å². The number of carbonyl (C=O) groups is 1. The third-order valence-corrected chi connectivity index (χ3v) is 5.44. The quantitative estimate of drug-likeness (QED) is 0.569. The molecule has 0 bridgehead atoms. The Morgan fingerprint density at radius 2 is 1.90 bits per heavy atom. The highest BCUT2D eigenvalue weighted by Gasteiger charge is 2.21. The summed E-state index contributed by atoms with van der Waals surface area (Å²) in [5, 5.41) is 12.5. The van der Waals surface area contributed by atoms with Crippen LogP contribution < -0.4 is 5.32 Å². The van der Waals surface area contributed by atoms with E-state index in [-0.39, 0.29) is 18.6 Å². The largest absolute Gasteiger partial charge is 0.375 e. The zero-order chi connectivity index (χ0) is 20.8. The van der Waals surface area contributed by atoms with Crippen molar-refractivity contribution in [2.45, 2.75) is 37.7 Å². The predicted octanol–water partition coefficient (Wildman–Crippen LogP) is 4.00. The molecule has 1 heterocycles. The van der Waals surface area contributed by atoms with Crippen molar-refractivity contribution in [2.24, 2.45) is 0 Å². The first-order valence-electron chi connectivity index (χ1n) is 9.47. The first-order valence-corrected chi connectivity index (χ1v) is 10.5. The number of amides is 1. The molecule has 0 saturated carbocycles. The van der Waals surface area contributed by atoms with Gasteiger partial charge in [-0.05, 0) is 38.5 Å². The topological polar surface area (TPSA) is 69.0 Å². The molecule has 7 heteroatoms. The lowest BCUT2D eigenvalue weighted by Crippen LogP contribution is -2.31. The second-order valence-electron chi connectivity index (χ2n) is 7.01. The molecule has 1 aromatic heterocycles. The van der Waals surface area contributed by atoms with Crippen molar-refractivity contribution in [1.29, 1.82) is 0 Å². The second kappa shape index (κ2) is 9.71. The minimum absolute atomic E-state index is 0.0119. The van der Waals surface area contributed by atoms with Crippen molar-refractivity contribution in [2.75, 3.05) is 13.7 Å². The van der Waals surface area contributed by atoms with Gasteiger partial charge >= 0.3 is 0 Å². The van der Waals surface area contributed by atoms with E-state index in [0.29, 0.717) is 5.82 Å². The Labute approximate surface area is 175 Å². The summed E-state index contributed by atoms with van der Waals surface area (Å²) in [4.78, 5) is 12.0. The van der Waals surface area contributed by atoms with Crippen molar-refractivity contribution in [1.82, 2.24) is 20.1 Å². The molecule has 0 fully saturated rings. The summed E-state index contributed by atoms with van der Waals surface area (Å²) in [6.45, 7) is 6.05. The Bertz CT molecular complexity index is 969. The third-order valence-electron chi connectivity index (χ3n) is 4.44. The number of nitrogens with zero attached hydrogens (tertiary/aromatic N) is 3. The molecule has 0 aliphatic carbocycles. The number of rotatable bonds is 8. The van der Waals surface area contributed by atoms with Crippen LogP contribution in [0.2, 0.25) is 0 Å². The van der Waals surface area contributed by atoms with Crippen LogP contribution in [0, 0.1) is 13.8 Å². The van der Waals surface area contributed by atoms with Crippen molar-refractivity contribution in [3.63, 3.8) is 0 Å². The van der Waals surface area contributed by atoms with Gasteiger partial charge in [0, 0.05) is 18.6 Å². The monoisotopic (exact) mass is 410 g/mol. The molecule has 0 aliphatic rings. The molecule has 0 saturated heterocycles. The zero-order valence-electron chi connectivity index (χ0n) is 17.2. The lowest BCUT2D eigenvalue weighted by atomic mass is 10.2. The molecule has 6 nitrogen and oxygen atoms in total. The highest BCUT2D eigenvalue weighted by Crippen LogP contribution is 2.28. The van der Waals surface area contributed by atoms with Gasteiger partial charge in [-0.2, -0.15) is 0 Å². The summed E-state index contributed by atoms with van der Waals surface area (Å²) in [6, 6.07) is 16.3. The van der Waals surface area contributed by atoms with Gasteiger partial charge in [0.15, 0.2) is 11.0 Å². The minimum Gasteiger partial charge on any atom is -0.375 e. The lowest BCUT2D eigenvalue weighted by molar-refractivity contribution is -0.125. The fourth-order valence-corrected chi connectivity index (χ4v) is 3.92. The van der Waals surface area contributed by atoms with Gasteiger partial charge in [-0.15, -0.1) is 10.2 Å². The molecule has 2 aromatic carbocycles. The van der Waals surface area contributed by atoms with E-state index < -0.39 is 0 Å². The summed E-state index contributed by atoms with van der Waals surface area (Å²) in [6.07, 6.45) is 0. The van der Waals surface area contributed by atoms with E-state index in [2.05, 4.69) is 65.8 Å². The maximum atomic E-state index is 12.0. The smallest absolute Gasteiger partial charge is 0.246 e. The van der Waals surface area contributed by atoms with Crippen molar-refractivity contribution < 1.29 is 9.53 Å². The molecule has 1 N–H and O–H groups in total. The van der Waals surface area contributed by atoms with Crippen LogP contribution in [0.25, 0.3) is 5.69 Å². The number of hydrogen-bond acceptors (Lipinski definition) is 5. The minimum atomic E-state index is -0.306. The highest BCUT2D eigenvalue weighted by molar-refractivity contribution is 7.98. The average molecular weight is 411 g/mol. The number of carbonyl (C=O) groups excluding carboxylic acids is 1. The van der Waals surface area contributed by atoms with Gasteiger partial charge < -0.3 is 10.1 Å². The number of aromatic nitrogens is 3. The number of ether oxygens (including phenoxy) is 1. The molecule has 152 valence electrons. The number of hydrogen-bond donors (Lipinski definition) is 1. The average Bonchev–Trinajstić information content (AvgIpc) is 3.11. The Kier molecular flexibility index (Phi) is 7.06. The molecule has 1 unspecified atom stereocenters. The van der Waals surface area contributed by atoms with Gasteiger partial charge in [0.25, 0.3) is 0 Å². The Morgan fingerprint density at radius 3 is 2.59 bits per heavy atom. The van der Waals surface area contributed by atoms with E-state index in [0.717, 1.165) is 16.6 Å². The highest BCUT2D eigenvalue weighted by atomic mass is 32.2. The molecule has 3 aromatic rings. The first kappa shape index (κ1) is 21.1. The second-order valence-corrected chi connectivity index (χ2v) is 7.95. The van der Waals surface area contributed by atoms with Gasteiger partial charge in [0.1, 0.15) is 6.61 Å². The predicted molar refractivity (Wildman–Crippen MR) is 115 cm³/mol. The molecule has 0 spiro atoms. The number of thioether (sulfide) groups is 1. The van der Waals surface area contributed by atoms with Crippen LogP contribution in [0.15, 0.2) is 53.7 Å². The maximum absolute atomic E-state index is 12.0. The van der Waals surface area contributed by atoms with Crippen molar-refractivity contribution in [3.05, 3.63) is 71.0 Å². The Morgan fingerprint density at radius 1 is 1.14 bits per heavy atom. The number of benzene rings is 2. The number of aryl methyl sites for hydroxylation is 2. The van der Waals surface area contributed by atoms with Gasteiger partial charge in [-0.3, -0.25) is 9.36 Å². The standard InChI is InChI=1S/C22H26N4O2S/c1-15-8-10-19(11-9-15)26-21(17(3)23-20(27)13-28-4)24-25-22(26)29-14-18-7-5-6-16(2)12-18/h5-12,17H,13-14H2,1-4H3,(H,23,27). The van der Waals surface area contributed by atoms with Crippen LogP contribution in [0.5, 0.6) is 0 Å². The van der Waals surface area contributed by atoms with E-state index in [1.807, 2.05) is 23.6 Å². The molecule has 29 heavy (non-hydrogen) atoms. The summed E-state index contributed by atoms with van der Waals surface area (Å²) >= 11 is 1.63. The molecule has 1 amide bonds. The van der Waals surface area contributed by atoms with Crippen LogP contribution in [-0.2, 0) is 15.3 Å². The van der Waals surface area contributed by atoms with Gasteiger partial charge in [-0.25, -0.2) is 0 Å². The van der Waals surface area contributed by atoms with Crippen LogP contribution in [-0.4, -0.2) is 34.4 Å². The van der Waals surface area contributed by atoms with Gasteiger partial charge in [0.05, 0.1) is 6.04 Å². The zero-order valence-corrected chi connectivity index (χ0v) is 18.0. The number of nitrogens with one attached hydrogen (secondary N) is 1. The lowest BCUT2D eigenvalue weighted by Gasteiger charge is -2.16. The molecule has 1 atom stereocenters. The molecule has 0 radical (unpaired) electrons. The summed E-state index contributed by atoms with van der Waals surface area (Å²) in [7, 11) is 1.50. The molecular formula is C22H26N4O2S.